The molecule has 0 aliphatic heterocycles. The highest BCUT2D eigenvalue weighted by Crippen LogP contribution is 2.32. The molecule has 1 unspecified atom stereocenters. The lowest BCUT2D eigenvalue weighted by Gasteiger charge is -2.32. The number of anilines is 1. The number of ether oxygens (including phenoxy) is 1. The standard InChI is InChI=1S/C18H24N2O2/c1-3-20(15-8-6-5-7-9-15)16(13-19)14-10-11-17(21)18(12-14)22-4-2/h5-12,16,21H,3-4,13,19H2,1-2H3. The van der Waals surface area contributed by atoms with E-state index in [0.29, 0.717) is 18.9 Å². The molecule has 2 rings (SSSR count). The van der Waals surface area contributed by atoms with Gasteiger partial charge in [0.1, 0.15) is 0 Å². The van der Waals surface area contributed by atoms with E-state index in [9.17, 15) is 5.11 Å². The molecule has 4 nitrogen and oxygen atoms in total. The maximum absolute atomic E-state index is 9.86. The topological polar surface area (TPSA) is 58.7 Å². The lowest BCUT2D eigenvalue weighted by atomic mass is 10.0. The Morgan fingerprint density at radius 1 is 1.14 bits per heavy atom. The quantitative estimate of drug-likeness (QED) is 0.823. The highest BCUT2D eigenvalue weighted by molar-refractivity contribution is 5.51. The Bertz CT molecular complexity index is 587. The fraction of sp³-hybridized carbons (Fsp3) is 0.333. The second-order valence-electron chi connectivity index (χ2n) is 5.03. The number of phenolic OH excluding ortho intramolecular Hbond substituents is 1. The summed E-state index contributed by atoms with van der Waals surface area (Å²) in [6.07, 6.45) is 0. The van der Waals surface area contributed by atoms with Crippen LogP contribution in [0.15, 0.2) is 48.5 Å². The third-order valence-corrected chi connectivity index (χ3v) is 3.70. The van der Waals surface area contributed by atoms with E-state index in [1.165, 1.54) is 0 Å². The number of nitrogens with two attached hydrogens (primary N) is 1. The normalized spacial score (nSPS) is 12.0. The molecule has 0 heterocycles. The number of rotatable bonds is 7. The van der Waals surface area contributed by atoms with E-state index in [2.05, 4.69) is 24.0 Å². The van der Waals surface area contributed by atoms with E-state index in [-0.39, 0.29) is 11.8 Å². The largest absolute Gasteiger partial charge is 0.504 e. The summed E-state index contributed by atoms with van der Waals surface area (Å²) in [5.74, 6) is 0.659. The predicted octanol–water partition coefficient (Wildman–Crippen LogP) is 3.32. The minimum Gasteiger partial charge on any atom is -0.504 e. The van der Waals surface area contributed by atoms with Crippen LogP contribution in [0.25, 0.3) is 0 Å². The van der Waals surface area contributed by atoms with Crippen LogP contribution in [0.2, 0.25) is 0 Å². The molecule has 0 saturated heterocycles. The van der Waals surface area contributed by atoms with E-state index in [1.807, 2.05) is 37.3 Å². The zero-order valence-corrected chi connectivity index (χ0v) is 13.2. The fourth-order valence-corrected chi connectivity index (χ4v) is 2.65. The summed E-state index contributed by atoms with van der Waals surface area (Å²) in [6.45, 7) is 5.85. The second kappa shape index (κ2) is 7.71. The van der Waals surface area contributed by atoms with Gasteiger partial charge in [-0.15, -0.1) is 0 Å². The Morgan fingerprint density at radius 3 is 2.45 bits per heavy atom. The molecule has 0 bridgehead atoms. The summed E-state index contributed by atoms with van der Waals surface area (Å²) in [6, 6.07) is 15.7. The van der Waals surface area contributed by atoms with E-state index < -0.39 is 0 Å². The zero-order valence-electron chi connectivity index (χ0n) is 13.2. The van der Waals surface area contributed by atoms with Crippen molar-refractivity contribution in [3.05, 3.63) is 54.1 Å². The molecule has 118 valence electrons. The van der Waals surface area contributed by atoms with Gasteiger partial charge < -0.3 is 20.5 Å². The summed E-state index contributed by atoms with van der Waals surface area (Å²) in [5, 5.41) is 9.86. The van der Waals surface area contributed by atoms with Crippen LogP contribution < -0.4 is 15.4 Å². The number of hydrogen-bond donors (Lipinski definition) is 2. The van der Waals surface area contributed by atoms with Gasteiger partial charge >= 0.3 is 0 Å². The molecule has 4 heteroatoms. The van der Waals surface area contributed by atoms with Crippen molar-refractivity contribution in [3.63, 3.8) is 0 Å². The van der Waals surface area contributed by atoms with Crippen LogP contribution in [0.1, 0.15) is 25.5 Å². The number of para-hydroxylation sites is 1. The average molecular weight is 300 g/mol. The van der Waals surface area contributed by atoms with Crippen LogP contribution >= 0.6 is 0 Å². The van der Waals surface area contributed by atoms with Crippen LogP contribution in [0.4, 0.5) is 5.69 Å². The molecular weight excluding hydrogens is 276 g/mol. The second-order valence-corrected chi connectivity index (χ2v) is 5.03. The van der Waals surface area contributed by atoms with Crippen molar-refractivity contribution in [2.75, 3.05) is 24.6 Å². The number of nitrogens with zero attached hydrogens (tertiary/aromatic N) is 1. The van der Waals surface area contributed by atoms with Crippen LogP contribution in [-0.2, 0) is 0 Å². The summed E-state index contributed by atoms with van der Waals surface area (Å²) >= 11 is 0. The van der Waals surface area contributed by atoms with Crippen molar-refractivity contribution in [2.45, 2.75) is 19.9 Å². The van der Waals surface area contributed by atoms with Crippen molar-refractivity contribution >= 4 is 5.69 Å². The number of hydrogen-bond acceptors (Lipinski definition) is 4. The third kappa shape index (κ3) is 3.52. The van der Waals surface area contributed by atoms with Crippen molar-refractivity contribution in [1.29, 1.82) is 0 Å². The lowest BCUT2D eigenvalue weighted by molar-refractivity contribution is 0.317. The maximum Gasteiger partial charge on any atom is 0.161 e. The van der Waals surface area contributed by atoms with E-state index in [1.54, 1.807) is 6.07 Å². The van der Waals surface area contributed by atoms with E-state index in [0.717, 1.165) is 17.8 Å². The fourth-order valence-electron chi connectivity index (χ4n) is 2.65. The highest BCUT2D eigenvalue weighted by Gasteiger charge is 2.19. The minimum atomic E-state index is 0.0345. The molecule has 0 saturated carbocycles. The van der Waals surface area contributed by atoms with E-state index >= 15 is 0 Å². The van der Waals surface area contributed by atoms with Crippen molar-refractivity contribution < 1.29 is 9.84 Å². The molecule has 2 aromatic carbocycles. The van der Waals surface area contributed by atoms with Crippen molar-refractivity contribution in [1.82, 2.24) is 0 Å². The molecule has 0 aliphatic rings. The molecule has 22 heavy (non-hydrogen) atoms. The molecule has 0 aliphatic carbocycles. The molecule has 3 N–H and O–H groups in total. The molecule has 0 aromatic heterocycles. The smallest absolute Gasteiger partial charge is 0.161 e. The van der Waals surface area contributed by atoms with Gasteiger partial charge in [0, 0.05) is 18.8 Å². The Hall–Kier alpha value is -2.20. The van der Waals surface area contributed by atoms with E-state index in [4.69, 9.17) is 10.5 Å². The van der Waals surface area contributed by atoms with Crippen molar-refractivity contribution in [3.8, 4) is 11.5 Å². The molecule has 0 fully saturated rings. The van der Waals surface area contributed by atoms with Gasteiger partial charge in [0.05, 0.1) is 12.6 Å². The minimum absolute atomic E-state index is 0.0345. The first-order valence-electron chi connectivity index (χ1n) is 7.68. The molecule has 0 amide bonds. The summed E-state index contributed by atoms with van der Waals surface area (Å²) < 4.78 is 5.48. The first-order chi connectivity index (χ1) is 10.7. The number of likely N-dealkylation sites (N-methyl/N-ethyl adjacent to an activating group) is 1. The van der Waals surface area contributed by atoms with Gasteiger partial charge in [-0.3, -0.25) is 0 Å². The number of aromatic hydroxyl groups is 1. The Balaban J connectivity index is 2.36. The molecular formula is C18H24N2O2. The summed E-state index contributed by atoms with van der Waals surface area (Å²) in [4.78, 5) is 2.25. The summed E-state index contributed by atoms with van der Waals surface area (Å²) in [5.41, 5.74) is 8.20. The van der Waals surface area contributed by atoms with Crippen LogP contribution in [0, 0.1) is 0 Å². The van der Waals surface area contributed by atoms with Gasteiger partial charge in [0.2, 0.25) is 0 Å². The summed E-state index contributed by atoms with van der Waals surface area (Å²) in [7, 11) is 0. The van der Waals surface area contributed by atoms with Crippen LogP contribution in [-0.4, -0.2) is 24.8 Å². The lowest BCUT2D eigenvalue weighted by Crippen LogP contribution is -2.33. The first-order valence-corrected chi connectivity index (χ1v) is 7.68. The molecule has 2 aromatic rings. The SMILES string of the molecule is CCOc1cc(C(CN)N(CC)c2ccccc2)ccc1O. The number of phenols is 1. The number of benzene rings is 2. The van der Waals surface area contributed by atoms with Crippen LogP contribution in [0.5, 0.6) is 11.5 Å². The average Bonchev–Trinajstić information content (AvgIpc) is 2.56. The predicted molar refractivity (Wildman–Crippen MR) is 90.5 cm³/mol. The molecule has 0 spiro atoms. The van der Waals surface area contributed by atoms with Crippen LogP contribution in [0.3, 0.4) is 0 Å². The molecule has 0 radical (unpaired) electrons. The monoisotopic (exact) mass is 300 g/mol. The highest BCUT2D eigenvalue weighted by atomic mass is 16.5. The van der Waals surface area contributed by atoms with Gasteiger partial charge in [-0.2, -0.15) is 0 Å². The van der Waals surface area contributed by atoms with Gasteiger partial charge in [-0.05, 0) is 43.7 Å². The third-order valence-electron chi connectivity index (χ3n) is 3.70. The Labute approximate surface area is 132 Å². The maximum atomic E-state index is 9.86. The van der Waals surface area contributed by atoms with Gasteiger partial charge in [-0.25, -0.2) is 0 Å². The van der Waals surface area contributed by atoms with Crippen molar-refractivity contribution in [2.24, 2.45) is 5.73 Å². The van der Waals surface area contributed by atoms with Gasteiger partial charge in [0.15, 0.2) is 11.5 Å². The Kier molecular flexibility index (Phi) is 5.67. The molecule has 1 atom stereocenters. The van der Waals surface area contributed by atoms with Gasteiger partial charge in [-0.1, -0.05) is 24.3 Å². The van der Waals surface area contributed by atoms with Gasteiger partial charge in [0.25, 0.3) is 0 Å². The Morgan fingerprint density at radius 2 is 1.86 bits per heavy atom. The first kappa shape index (κ1) is 16.2. The zero-order chi connectivity index (χ0) is 15.9.